The number of rotatable bonds is 6. The molecule has 1 N–H and O–H groups in total. The zero-order chi connectivity index (χ0) is 11.7. The largest absolute Gasteiger partial charge is 0.310 e. The second-order valence-electron chi connectivity index (χ2n) is 5.58. The first kappa shape index (κ1) is 11.7. The summed E-state index contributed by atoms with van der Waals surface area (Å²) in [4.78, 5) is 3.28. The van der Waals surface area contributed by atoms with Crippen molar-refractivity contribution in [3.05, 3.63) is 21.4 Å². The molecule has 0 aromatic carbocycles. The lowest BCUT2D eigenvalue weighted by Crippen LogP contribution is -2.20. The van der Waals surface area contributed by atoms with E-state index >= 15 is 0 Å². The highest BCUT2D eigenvalue weighted by Crippen LogP contribution is 2.39. The molecule has 0 spiro atoms. The summed E-state index contributed by atoms with van der Waals surface area (Å²) >= 11 is 2.08. The van der Waals surface area contributed by atoms with Crippen molar-refractivity contribution in [3.63, 3.8) is 0 Å². The molecule has 2 aliphatic carbocycles. The molecule has 2 aliphatic rings. The van der Waals surface area contributed by atoms with Crippen LogP contribution >= 0.6 is 11.3 Å². The van der Waals surface area contributed by atoms with Crippen LogP contribution in [0, 0.1) is 5.92 Å². The van der Waals surface area contributed by atoms with Gasteiger partial charge >= 0.3 is 0 Å². The first-order valence-electron chi connectivity index (χ1n) is 7.21. The van der Waals surface area contributed by atoms with Crippen molar-refractivity contribution in [2.45, 2.75) is 57.9 Å². The molecule has 1 aromatic rings. The minimum absolute atomic E-state index is 0.635. The Labute approximate surface area is 109 Å². The molecule has 1 aromatic heterocycles. The standard InChI is InChI=1S/C15H23NS/c1-2-16-13(9-8-11-6-7-11)15-10-12-4-3-5-14(12)17-15/h10-11,13,16H,2-9H2,1H3. The molecule has 0 saturated heterocycles. The van der Waals surface area contributed by atoms with Crippen LogP contribution in [0.4, 0.5) is 0 Å². The highest BCUT2D eigenvalue weighted by atomic mass is 32.1. The molecule has 2 heteroatoms. The quantitative estimate of drug-likeness (QED) is 0.801. The van der Waals surface area contributed by atoms with E-state index in [1.807, 2.05) is 0 Å². The van der Waals surface area contributed by atoms with Crippen LogP contribution in [0.3, 0.4) is 0 Å². The highest BCUT2D eigenvalue weighted by molar-refractivity contribution is 7.12. The number of fused-ring (bicyclic) bond motifs is 1. The topological polar surface area (TPSA) is 12.0 Å². The van der Waals surface area contributed by atoms with Gasteiger partial charge in [0.1, 0.15) is 0 Å². The van der Waals surface area contributed by atoms with E-state index in [9.17, 15) is 0 Å². The van der Waals surface area contributed by atoms with Gasteiger partial charge in [-0.05, 0) is 56.2 Å². The highest BCUT2D eigenvalue weighted by Gasteiger charge is 2.24. The van der Waals surface area contributed by atoms with Crippen LogP contribution in [0.25, 0.3) is 0 Å². The van der Waals surface area contributed by atoms with Gasteiger partial charge in [-0.15, -0.1) is 11.3 Å². The van der Waals surface area contributed by atoms with Crippen molar-refractivity contribution in [2.24, 2.45) is 5.92 Å². The monoisotopic (exact) mass is 249 g/mol. The lowest BCUT2D eigenvalue weighted by molar-refractivity contribution is 0.487. The predicted molar refractivity (Wildman–Crippen MR) is 74.7 cm³/mol. The van der Waals surface area contributed by atoms with E-state index in [0.717, 1.165) is 12.5 Å². The summed E-state index contributed by atoms with van der Waals surface area (Å²) in [6.45, 7) is 3.32. The van der Waals surface area contributed by atoms with Crippen molar-refractivity contribution in [2.75, 3.05) is 6.54 Å². The first-order valence-corrected chi connectivity index (χ1v) is 8.03. The van der Waals surface area contributed by atoms with E-state index < -0.39 is 0 Å². The lowest BCUT2D eigenvalue weighted by Gasteiger charge is -2.16. The molecule has 94 valence electrons. The number of hydrogen-bond acceptors (Lipinski definition) is 2. The van der Waals surface area contributed by atoms with E-state index in [1.165, 1.54) is 44.9 Å². The normalized spacial score (nSPS) is 20.5. The molecule has 0 bridgehead atoms. The van der Waals surface area contributed by atoms with Crippen molar-refractivity contribution >= 4 is 11.3 Å². The van der Waals surface area contributed by atoms with Gasteiger partial charge in [-0.1, -0.05) is 19.8 Å². The minimum Gasteiger partial charge on any atom is -0.310 e. The average Bonchev–Trinajstić information content (AvgIpc) is 2.89. The molecule has 1 nitrogen and oxygen atoms in total. The maximum atomic E-state index is 3.68. The second-order valence-corrected chi connectivity index (χ2v) is 6.75. The summed E-state index contributed by atoms with van der Waals surface area (Å²) in [5.41, 5.74) is 1.65. The Morgan fingerprint density at radius 1 is 1.41 bits per heavy atom. The summed E-state index contributed by atoms with van der Waals surface area (Å²) in [5.74, 6) is 1.06. The number of aryl methyl sites for hydroxylation is 2. The van der Waals surface area contributed by atoms with E-state index in [2.05, 4.69) is 29.6 Å². The van der Waals surface area contributed by atoms with Crippen LogP contribution in [-0.2, 0) is 12.8 Å². The van der Waals surface area contributed by atoms with Crippen LogP contribution in [-0.4, -0.2) is 6.54 Å². The summed E-state index contributed by atoms with van der Waals surface area (Å²) in [6, 6.07) is 3.13. The fourth-order valence-electron chi connectivity index (χ4n) is 2.92. The first-order chi connectivity index (χ1) is 8.36. The average molecular weight is 249 g/mol. The molecule has 1 saturated carbocycles. The minimum atomic E-state index is 0.635. The molecule has 0 aliphatic heterocycles. The van der Waals surface area contributed by atoms with E-state index in [1.54, 1.807) is 15.3 Å². The van der Waals surface area contributed by atoms with Crippen LogP contribution in [0.2, 0.25) is 0 Å². The molecule has 0 radical (unpaired) electrons. The molecule has 1 heterocycles. The zero-order valence-electron chi connectivity index (χ0n) is 10.8. The molecule has 1 unspecified atom stereocenters. The third-order valence-electron chi connectivity index (χ3n) is 4.12. The van der Waals surface area contributed by atoms with Crippen molar-refractivity contribution in [3.8, 4) is 0 Å². The molecular formula is C15H23NS. The second kappa shape index (κ2) is 5.11. The summed E-state index contributed by atoms with van der Waals surface area (Å²) in [5, 5.41) is 3.68. The van der Waals surface area contributed by atoms with Crippen LogP contribution < -0.4 is 5.32 Å². The summed E-state index contributed by atoms with van der Waals surface area (Å²) < 4.78 is 0. The van der Waals surface area contributed by atoms with Crippen molar-refractivity contribution < 1.29 is 0 Å². The third-order valence-corrected chi connectivity index (χ3v) is 5.47. The van der Waals surface area contributed by atoms with Crippen LogP contribution in [0.5, 0.6) is 0 Å². The zero-order valence-corrected chi connectivity index (χ0v) is 11.6. The van der Waals surface area contributed by atoms with Gasteiger partial charge in [-0.25, -0.2) is 0 Å². The van der Waals surface area contributed by atoms with Gasteiger partial charge in [-0.3, -0.25) is 0 Å². The Balaban J connectivity index is 1.67. The van der Waals surface area contributed by atoms with Crippen LogP contribution in [0.15, 0.2) is 6.07 Å². The lowest BCUT2D eigenvalue weighted by atomic mass is 10.1. The van der Waals surface area contributed by atoms with Gasteiger partial charge in [0.25, 0.3) is 0 Å². The number of thiophene rings is 1. The SMILES string of the molecule is CCNC(CCC1CC1)c1cc2c(s1)CCC2. The van der Waals surface area contributed by atoms with Crippen molar-refractivity contribution in [1.82, 2.24) is 5.32 Å². The van der Waals surface area contributed by atoms with E-state index in [0.29, 0.717) is 6.04 Å². The van der Waals surface area contributed by atoms with E-state index in [-0.39, 0.29) is 0 Å². The van der Waals surface area contributed by atoms with Gasteiger partial charge in [-0.2, -0.15) is 0 Å². The molecule has 1 fully saturated rings. The van der Waals surface area contributed by atoms with Gasteiger partial charge in [0.2, 0.25) is 0 Å². The number of hydrogen-bond donors (Lipinski definition) is 1. The predicted octanol–water partition coefficient (Wildman–Crippen LogP) is 4.08. The Bertz CT molecular complexity index is 357. The maximum Gasteiger partial charge on any atom is 0.0415 e. The van der Waals surface area contributed by atoms with Crippen LogP contribution in [0.1, 0.15) is 60.4 Å². The fourth-order valence-corrected chi connectivity index (χ4v) is 4.29. The Kier molecular flexibility index (Phi) is 3.53. The van der Waals surface area contributed by atoms with Gasteiger partial charge in [0, 0.05) is 15.8 Å². The summed E-state index contributed by atoms with van der Waals surface area (Å²) in [7, 11) is 0. The maximum absolute atomic E-state index is 3.68. The molecule has 1 atom stereocenters. The Morgan fingerprint density at radius 3 is 3.00 bits per heavy atom. The Morgan fingerprint density at radius 2 is 2.29 bits per heavy atom. The molecular weight excluding hydrogens is 226 g/mol. The molecule has 3 rings (SSSR count). The number of nitrogens with one attached hydrogen (secondary N) is 1. The third kappa shape index (κ3) is 2.74. The van der Waals surface area contributed by atoms with Gasteiger partial charge in [0.05, 0.1) is 0 Å². The fraction of sp³-hybridized carbons (Fsp3) is 0.733. The van der Waals surface area contributed by atoms with Gasteiger partial charge < -0.3 is 5.32 Å². The smallest absolute Gasteiger partial charge is 0.0415 e. The van der Waals surface area contributed by atoms with Crippen molar-refractivity contribution in [1.29, 1.82) is 0 Å². The van der Waals surface area contributed by atoms with E-state index in [4.69, 9.17) is 0 Å². The Hall–Kier alpha value is -0.340. The summed E-state index contributed by atoms with van der Waals surface area (Å²) in [6.07, 6.45) is 9.79. The van der Waals surface area contributed by atoms with Gasteiger partial charge in [0.15, 0.2) is 0 Å². The molecule has 0 amide bonds. The molecule has 17 heavy (non-hydrogen) atoms.